The van der Waals surface area contributed by atoms with Crippen LogP contribution < -0.4 is 5.32 Å². The van der Waals surface area contributed by atoms with Gasteiger partial charge in [-0.1, -0.05) is 24.6 Å². The van der Waals surface area contributed by atoms with Gasteiger partial charge < -0.3 is 5.32 Å². The molecule has 1 aliphatic heterocycles. The first-order valence-electron chi connectivity index (χ1n) is 7.90. The summed E-state index contributed by atoms with van der Waals surface area (Å²) in [6.07, 6.45) is 8.36. The molecular formula is C15H27N3S. The zero-order valence-electron chi connectivity index (χ0n) is 12.3. The van der Waals surface area contributed by atoms with Gasteiger partial charge in [0.2, 0.25) is 0 Å². The van der Waals surface area contributed by atoms with Gasteiger partial charge in [-0.15, -0.1) is 0 Å². The fourth-order valence-electron chi connectivity index (χ4n) is 3.26. The SMILES string of the molecule is CC(CN=C1NC2CCCCC2CS1)N(C)C1CC1. The van der Waals surface area contributed by atoms with Crippen LogP contribution in [0.4, 0.5) is 0 Å². The highest BCUT2D eigenvalue weighted by molar-refractivity contribution is 8.13. The first-order chi connectivity index (χ1) is 9.24. The van der Waals surface area contributed by atoms with Gasteiger partial charge in [0, 0.05) is 23.9 Å². The molecule has 3 atom stereocenters. The van der Waals surface area contributed by atoms with E-state index in [2.05, 4.69) is 24.2 Å². The van der Waals surface area contributed by atoms with Crippen molar-refractivity contribution in [1.82, 2.24) is 10.2 Å². The summed E-state index contributed by atoms with van der Waals surface area (Å²) in [5.74, 6) is 2.17. The van der Waals surface area contributed by atoms with Crippen molar-refractivity contribution in [2.75, 3.05) is 19.3 Å². The molecule has 3 aliphatic rings. The quantitative estimate of drug-likeness (QED) is 0.858. The number of amidine groups is 1. The van der Waals surface area contributed by atoms with Crippen molar-refractivity contribution in [3.05, 3.63) is 0 Å². The Morgan fingerprint density at radius 2 is 2.11 bits per heavy atom. The summed E-state index contributed by atoms with van der Waals surface area (Å²) in [4.78, 5) is 7.33. The Bertz CT molecular complexity index is 340. The molecule has 0 radical (unpaired) electrons. The summed E-state index contributed by atoms with van der Waals surface area (Å²) >= 11 is 1.95. The summed E-state index contributed by atoms with van der Waals surface area (Å²) in [5, 5.41) is 4.90. The van der Waals surface area contributed by atoms with Crippen LogP contribution in [0.2, 0.25) is 0 Å². The first kappa shape index (κ1) is 13.7. The van der Waals surface area contributed by atoms with Crippen LogP contribution in [0, 0.1) is 5.92 Å². The number of nitrogens with one attached hydrogen (secondary N) is 1. The number of rotatable bonds is 4. The third kappa shape index (κ3) is 3.46. The van der Waals surface area contributed by atoms with Gasteiger partial charge in [0.15, 0.2) is 5.17 Å². The van der Waals surface area contributed by atoms with E-state index >= 15 is 0 Å². The van der Waals surface area contributed by atoms with E-state index in [1.807, 2.05) is 11.8 Å². The lowest BCUT2D eigenvalue weighted by molar-refractivity contribution is 0.253. The van der Waals surface area contributed by atoms with Crippen molar-refractivity contribution in [3.8, 4) is 0 Å². The minimum absolute atomic E-state index is 0.575. The molecule has 1 heterocycles. The van der Waals surface area contributed by atoms with Crippen molar-refractivity contribution in [1.29, 1.82) is 0 Å². The molecule has 3 unspecified atom stereocenters. The summed E-state index contributed by atoms with van der Waals surface area (Å²) in [6, 6.07) is 2.13. The van der Waals surface area contributed by atoms with Crippen molar-refractivity contribution in [3.63, 3.8) is 0 Å². The third-order valence-corrected chi connectivity index (χ3v) is 6.08. The van der Waals surface area contributed by atoms with E-state index in [9.17, 15) is 0 Å². The van der Waals surface area contributed by atoms with Crippen LogP contribution in [0.5, 0.6) is 0 Å². The molecule has 0 spiro atoms. The van der Waals surface area contributed by atoms with E-state index in [1.54, 1.807) is 0 Å². The molecule has 0 aromatic rings. The standard InChI is InChI=1S/C15H27N3S/c1-11(18(2)13-7-8-13)9-16-15-17-14-6-4-3-5-12(14)10-19-15/h11-14H,3-10H2,1-2H3,(H,16,17). The van der Waals surface area contributed by atoms with Gasteiger partial charge in [-0.05, 0) is 45.6 Å². The van der Waals surface area contributed by atoms with Crippen molar-refractivity contribution < 1.29 is 0 Å². The zero-order valence-corrected chi connectivity index (χ0v) is 13.1. The Labute approximate surface area is 121 Å². The maximum atomic E-state index is 4.83. The molecular weight excluding hydrogens is 254 g/mol. The van der Waals surface area contributed by atoms with Crippen LogP contribution in [0.1, 0.15) is 45.4 Å². The number of likely N-dealkylation sites (N-methyl/N-ethyl adjacent to an activating group) is 1. The van der Waals surface area contributed by atoms with E-state index in [-0.39, 0.29) is 0 Å². The molecule has 108 valence electrons. The predicted octanol–water partition coefficient (Wildman–Crippen LogP) is 2.72. The average molecular weight is 281 g/mol. The molecule has 0 amide bonds. The van der Waals surface area contributed by atoms with Crippen molar-refractivity contribution in [2.45, 2.75) is 63.6 Å². The highest BCUT2D eigenvalue weighted by atomic mass is 32.2. The third-order valence-electron chi connectivity index (χ3n) is 4.97. The Morgan fingerprint density at radius 3 is 2.89 bits per heavy atom. The maximum Gasteiger partial charge on any atom is 0.156 e. The topological polar surface area (TPSA) is 27.6 Å². The lowest BCUT2D eigenvalue weighted by Crippen LogP contribution is -2.46. The number of thioether (sulfide) groups is 1. The molecule has 3 rings (SSSR count). The summed E-state index contributed by atoms with van der Waals surface area (Å²) in [5.41, 5.74) is 0. The molecule has 2 saturated carbocycles. The highest BCUT2D eigenvalue weighted by Crippen LogP contribution is 2.31. The Balaban J connectivity index is 1.49. The number of hydrogen-bond donors (Lipinski definition) is 1. The minimum Gasteiger partial charge on any atom is -0.362 e. The molecule has 3 fully saturated rings. The van der Waals surface area contributed by atoms with E-state index in [1.165, 1.54) is 49.4 Å². The predicted molar refractivity (Wildman–Crippen MR) is 83.9 cm³/mol. The molecule has 1 N–H and O–H groups in total. The largest absolute Gasteiger partial charge is 0.362 e. The number of nitrogens with zero attached hydrogens (tertiary/aromatic N) is 2. The normalized spacial score (nSPS) is 35.0. The number of fused-ring (bicyclic) bond motifs is 1. The second kappa shape index (κ2) is 6.04. The van der Waals surface area contributed by atoms with Gasteiger partial charge in [0.25, 0.3) is 0 Å². The average Bonchev–Trinajstić information content (AvgIpc) is 3.28. The van der Waals surface area contributed by atoms with Crippen LogP contribution in [0.25, 0.3) is 0 Å². The van der Waals surface area contributed by atoms with Gasteiger partial charge in [-0.2, -0.15) is 0 Å². The van der Waals surface area contributed by atoms with E-state index in [0.717, 1.165) is 18.5 Å². The smallest absolute Gasteiger partial charge is 0.156 e. The van der Waals surface area contributed by atoms with E-state index in [0.29, 0.717) is 12.1 Å². The lowest BCUT2D eigenvalue weighted by atomic mass is 9.86. The molecule has 19 heavy (non-hydrogen) atoms. The van der Waals surface area contributed by atoms with Crippen LogP contribution >= 0.6 is 11.8 Å². The first-order valence-corrected chi connectivity index (χ1v) is 8.88. The van der Waals surface area contributed by atoms with Crippen LogP contribution in [0.3, 0.4) is 0 Å². The fraction of sp³-hybridized carbons (Fsp3) is 0.933. The Kier molecular flexibility index (Phi) is 4.37. The van der Waals surface area contributed by atoms with E-state index < -0.39 is 0 Å². The number of hydrogen-bond acceptors (Lipinski definition) is 3. The molecule has 0 aromatic heterocycles. The van der Waals surface area contributed by atoms with Crippen LogP contribution in [0.15, 0.2) is 4.99 Å². The monoisotopic (exact) mass is 281 g/mol. The minimum atomic E-state index is 0.575. The molecule has 2 aliphatic carbocycles. The van der Waals surface area contributed by atoms with Gasteiger partial charge in [-0.25, -0.2) is 0 Å². The molecule has 0 bridgehead atoms. The van der Waals surface area contributed by atoms with Crippen LogP contribution in [-0.4, -0.2) is 47.5 Å². The maximum absolute atomic E-state index is 4.83. The Hall–Kier alpha value is -0.220. The number of aliphatic imine (C=N–C) groups is 1. The summed E-state index contributed by atoms with van der Waals surface area (Å²) in [6.45, 7) is 3.25. The van der Waals surface area contributed by atoms with Gasteiger partial charge in [0.05, 0.1) is 6.54 Å². The molecule has 4 heteroatoms. The summed E-state index contributed by atoms with van der Waals surface area (Å²) < 4.78 is 0. The molecule has 3 nitrogen and oxygen atoms in total. The lowest BCUT2D eigenvalue weighted by Gasteiger charge is -2.37. The van der Waals surface area contributed by atoms with Gasteiger partial charge >= 0.3 is 0 Å². The van der Waals surface area contributed by atoms with E-state index in [4.69, 9.17) is 4.99 Å². The van der Waals surface area contributed by atoms with Crippen molar-refractivity contribution >= 4 is 16.9 Å². The molecule has 1 saturated heterocycles. The highest BCUT2D eigenvalue weighted by Gasteiger charge is 2.31. The molecule has 0 aromatic carbocycles. The second-order valence-corrected chi connectivity index (χ2v) is 7.51. The Morgan fingerprint density at radius 1 is 1.32 bits per heavy atom. The zero-order chi connectivity index (χ0) is 13.2. The van der Waals surface area contributed by atoms with Gasteiger partial charge in [0.1, 0.15) is 0 Å². The second-order valence-electron chi connectivity index (χ2n) is 6.50. The van der Waals surface area contributed by atoms with Crippen LogP contribution in [-0.2, 0) is 0 Å². The summed E-state index contributed by atoms with van der Waals surface area (Å²) in [7, 11) is 2.25. The van der Waals surface area contributed by atoms with Crippen molar-refractivity contribution in [2.24, 2.45) is 10.9 Å². The van der Waals surface area contributed by atoms with Gasteiger partial charge in [-0.3, -0.25) is 9.89 Å². The fourth-order valence-corrected chi connectivity index (χ4v) is 4.43.